The van der Waals surface area contributed by atoms with Gasteiger partial charge in [0, 0.05) is 44.7 Å². The van der Waals surface area contributed by atoms with Crippen LogP contribution in [0.3, 0.4) is 0 Å². The molecule has 10 heteroatoms. The number of halogens is 1. The summed E-state index contributed by atoms with van der Waals surface area (Å²) in [5.41, 5.74) is 13.3. The Bertz CT molecular complexity index is 743. The Hall–Kier alpha value is -1.85. The molecule has 0 aromatic heterocycles. The van der Waals surface area contributed by atoms with E-state index in [0.717, 1.165) is 31.6 Å². The molecule has 2 rings (SSSR count). The molecule has 9 nitrogen and oxygen atoms in total. The lowest BCUT2D eigenvalue weighted by Crippen LogP contribution is -2.61. The highest BCUT2D eigenvalue weighted by atomic mass is 19.1. The predicted octanol–water partition coefficient (Wildman–Crippen LogP) is 0.833. The third-order valence-electron chi connectivity index (χ3n) is 6.71. The summed E-state index contributed by atoms with van der Waals surface area (Å²) >= 11 is 0. The first-order valence-corrected chi connectivity index (χ1v) is 12.3. The highest BCUT2D eigenvalue weighted by molar-refractivity contribution is 5.81. The Labute approximate surface area is 203 Å². The third-order valence-corrected chi connectivity index (χ3v) is 6.71. The van der Waals surface area contributed by atoms with Crippen LogP contribution in [0, 0.1) is 11.8 Å². The number of nitrogens with two attached hydrogens (primary N) is 2. The van der Waals surface area contributed by atoms with Crippen LogP contribution in [0.2, 0.25) is 0 Å². The van der Waals surface area contributed by atoms with E-state index in [2.05, 4.69) is 39.8 Å². The van der Waals surface area contributed by atoms with Crippen molar-refractivity contribution in [2.45, 2.75) is 70.4 Å². The summed E-state index contributed by atoms with van der Waals surface area (Å²) in [6, 6.07) is -0.627. The van der Waals surface area contributed by atoms with E-state index in [4.69, 9.17) is 16.2 Å². The topological polar surface area (TPSA) is 130 Å². The van der Waals surface area contributed by atoms with E-state index in [1.807, 2.05) is 19.2 Å². The number of nitrogens with zero attached hydrogens (tertiary/aromatic N) is 2. The summed E-state index contributed by atoms with van der Waals surface area (Å²) in [7, 11) is 3.71. The Morgan fingerprint density at radius 2 is 2.15 bits per heavy atom. The molecular formula is C24H44FN7O2. The van der Waals surface area contributed by atoms with Crippen LogP contribution in [0.25, 0.3) is 0 Å². The number of allylic oxidation sites excluding steroid dienone is 2. The van der Waals surface area contributed by atoms with Crippen molar-refractivity contribution in [1.82, 2.24) is 20.9 Å². The molecule has 0 spiro atoms. The zero-order chi connectivity index (χ0) is 25.3. The van der Waals surface area contributed by atoms with Crippen molar-refractivity contribution >= 4 is 12.1 Å². The lowest BCUT2D eigenvalue weighted by Gasteiger charge is -2.40. The van der Waals surface area contributed by atoms with Crippen molar-refractivity contribution in [1.29, 1.82) is 0 Å². The minimum Gasteiger partial charge on any atom is -0.382 e. The SMILES string of the molecule is CCC/C(C)=C\C(N/C=C(/F)CC)C(C(=O)NC1CN=CC(OC)C1C1CNCN1C)C(N)N. The summed E-state index contributed by atoms with van der Waals surface area (Å²) in [6.07, 6.45) is 5.97. The molecule has 0 aliphatic carbocycles. The van der Waals surface area contributed by atoms with Crippen LogP contribution in [-0.4, -0.2) is 81.3 Å². The van der Waals surface area contributed by atoms with Gasteiger partial charge in [0.25, 0.3) is 0 Å². The predicted molar refractivity (Wildman–Crippen MR) is 135 cm³/mol. The number of likely N-dealkylation sites (N-methyl/N-ethyl adjacent to an activating group) is 1. The van der Waals surface area contributed by atoms with Crippen LogP contribution >= 0.6 is 0 Å². The van der Waals surface area contributed by atoms with Gasteiger partial charge in [0.05, 0.1) is 36.8 Å². The maximum Gasteiger partial charge on any atom is 0.228 e. The van der Waals surface area contributed by atoms with Gasteiger partial charge in [-0.1, -0.05) is 31.9 Å². The molecular weight excluding hydrogens is 437 g/mol. The van der Waals surface area contributed by atoms with Gasteiger partial charge in [0.1, 0.15) is 5.83 Å². The van der Waals surface area contributed by atoms with Gasteiger partial charge in [-0.05, 0) is 26.8 Å². The van der Waals surface area contributed by atoms with Crippen molar-refractivity contribution < 1.29 is 13.9 Å². The number of methoxy groups -OCH3 is 1. The second kappa shape index (κ2) is 13.9. The average molecular weight is 482 g/mol. The first kappa shape index (κ1) is 28.4. The van der Waals surface area contributed by atoms with E-state index in [9.17, 15) is 9.18 Å². The monoisotopic (exact) mass is 481 g/mol. The summed E-state index contributed by atoms with van der Waals surface area (Å²) < 4.78 is 19.6. The molecule has 6 atom stereocenters. The first-order chi connectivity index (χ1) is 16.2. The zero-order valence-corrected chi connectivity index (χ0v) is 21.3. The minimum atomic E-state index is -0.944. The summed E-state index contributed by atoms with van der Waals surface area (Å²) in [4.78, 5) is 20.3. The van der Waals surface area contributed by atoms with Gasteiger partial charge in [-0.15, -0.1) is 0 Å². The summed E-state index contributed by atoms with van der Waals surface area (Å²) in [5.74, 6) is -1.39. The number of hydrogen-bond acceptors (Lipinski definition) is 8. The van der Waals surface area contributed by atoms with Crippen molar-refractivity contribution in [3.63, 3.8) is 0 Å². The van der Waals surface area contributed by atoms with E-state index < -0.39 is 18.1 Å². The minimum absolute atomic E-state index is 0.00214. The van der Waals surface area contributed by atoms with E-state index in [1.54, 1.807) is 14.0 Å². The Kier molecular flexibility index (Phi) is 11.6. The number of hydrogen-bond donors (Lipinski definition) is 5. The number of ether oxygens (including phenoxy) is 1. The van der Waals surface area contributed by atoms with Gasteiger partial charge in [-0.3, -0.25) is 14.7 Å². The highest BCUT2D eigenvalue weighted by Crippen LogP contribution is 2.26. The number of carbonyl (C=O) groups is 1. The number of rotatable bonds is 12. The standard InChI is InChI=1S/C24H44FN7O2/c1-6-8-15(3)9-17(30-10-16(25)7-2)22(23(26)27)24(33)31-18-11-28-13-20(34-5)21(18)19-12-29-14-32(19)4/h9-10,13,17-23,29-30H,6-8,11-12,14,26-27H2,1-5H3,(H,31,33)/b15-9-,16-10+. The fraction of sp³-hybridized carbons (Fsp3) is 0.750. The van der Waals surface area contributed by atoms with Crippen LogP contribution in [0.5, 0.6) is 0 Å². The molecule has 0 aromatic rings. The summed E-state index contributed by atoms with van der Waals surface area (Å²) in [5, 5.41) is 9.59. The van der Waals surface area contributed by atoms with Crippen molar-refractivity contribution in [3.8, 4) is 0 Å². The van der Waals surface area contributed by atoms with E-state index in [1.165, 1.54) is 6.20 Å². The second-order valence-corrected chi connectivity index (χ2v) is 9.35. The van der Waals surface area contributed by atoms with E-state index in [0.29, 0.717) is 6.54 Å². The number of nitrogens with one attached hydrogen (secondary N) is 3. The quantitative estimate of drug-likeness (QED) is 0.206. The number of aliphatic imine (C=N–C) groups is 1. The smallest absolute Gasteiger partial charge is 0.228 e. The van der Waals surface area contributed by atoms with Crippen molar-refractivity contribution in [3.05, 3.63) is 23.7 Å². The largest absolute Gasteiger partial charge is 0.382 e. The van der Waals surface area contributed by atoms with Crippen molar-refractivity contribution in [2.75, 3.05) is 33.9 Å². The highest BCUT2D eigenvalue weighted by Gasteiger charge is 2.43. The molecule has 34 heavy (non-hydrogen) atoms. The maximum absolute atomic E-state index is 13.9. The molecule has 0 saturated carbocycles. The van der Waals surface area contributed by atoms with Crippen LogP contribution in [0.1, 0.15) is 40.0 Å². The molecule has 6 unspecified atom stereocenters. The lowest BCUT2D eigenvalue weighted by molar-refractivity contribution is -0.127. The number of carbonyl (C=O) groups excluding carboxylic acids is 1. The molecule has 194 valence electrons. The summed E-state index contributed by atoms with van der Waals surface area (Å²) in [6.45, 7) is 7.82. The molecule has 0 aromatic carbocycles. The van der Waals surface area contributed by atoms with Gasteiger partial charge in [0.2, 0.25) is 5.91 Å². The van der Waals surface area contributed by atoms with Crippen LogP contribution in [0.4, 0.5) is 4.39 Å². The normalized spacial score (nSPS) is 28.3. The lowest BCUT2D eigenvalue weighted by atomic mass is 9.83. The Balaban J connectivity index is 2.30. The maximum atomic E-state index is 13.9. The third kappa shape index (κ3) is 7.58. The zero-order valence-electron chi connectivity index (χ0n) is 21.3. The average Bonchev–Trinajstić information content (AvgIpc) is 3.22. The Morgan fingerprint density at radius 3 is 2.71 bits per heavy atom. The first-order valence-electron chi connectivity index (χ1n) is 12.3. The van der Waals surface area contributed by atoms with Gasteiger partial charge < -0.3 is 32.2 Å². The molecule has 0 radical (unpaired) electrons. The number of amides is 1. The van der Waals surface area contributed by atoms with Gasteiger partial charge in [0.15, 0.2) is 0 Å². The van der Waals surface area contributed by atoms with Crippen LogP contribution < -0.4 is 27.4 Å². The fourth-order valence-electron chi connectivity index (χ4n) is 4.85. The van der Waals surface area contributed by atoms with Gasteiger partial charge >= 0.3 is 0 Å². The van der Waals surface area contributed by atoms with Crippen LogP contribution in [0.15, 0.2) is 28.7 Å². The molecule has 7 N–H and O–H groups in total. The molecule has 1 fully saturated rings. The molecule has 2 aliphatic heterocycles. The molecule has 1 amide bonds. The second-order valence-electron chi connectivity index (χ2n) is 9.35. The van der Waals surface area contributed by atoms with E-state index in [-0.39, 0.29) is 42.3 Å². The molecule has 2 heterocycles. The molecule has 0 bridgehead atoms. The fourth-order valence-corrected chi connectivity index (χ4v) is 4.85. The van der Waals surface area contributed by atoms with Gasteiger partial charge in [-0.2, -0.15) is 0 Å². The van der Waals surface area contributed by atoms with Gasteiger partial charge in [-0.25, -0.2) is 4.39 Å². The van der Waals surface area contributed by atoms with E-state index >= 15 is 0 Å². The molecule has 2 aliphatic rings. The molecule has 1 saturated heterocycles. The van der Waals surface area contributed by atoms with Crippen molar-refractivity contribution in [2.24, 2.45) is 28.3 Å². The van der Waals surface area contributed by atoms with Crippen LogP contribution in [-0.2, 0) is 9.53 Å². The Morgan fingerprint density at radius 1 is 1.41 bits per heavy atom.